The quantitative estimate of drug-likeness (QED) is 0.711. The maximum atomic E-state index is 12.5. The zero-order valence-corrected chi connectivity index (χ0v) is 16.2. The van der Waals surface area contributed by atoms with Gasteiger partial charge >= 0.3 is 6.18 Å². The van der Waals surface area contributed by atoms with Gasteiger partial charge in [-0.2, -0.15) is 13.2 Å². The molecule has 2 aromatic rings. The molecular weight excluding hydrogens is 407 g/mol. The molecule has 0 bridgehead atoms. The van der Waals surface area contributed by atoms with Crippen molar-refractivity contribution >= 4 is 27.7 Å². The van der Waals surface area contributed by atoms with E-state index < -0.39 is 22.6 Å². The first-order valence-corrected chi connectivity index (χ1v) is 10.6. The van der Waals surface area contributed by atoms with Gasteiger partial charge in [-0.25, -0.2) is 18.4 Å². The molecule has 0 atom stereocenters. The number of alkyl halides is 3. The number of nitrogens with zero attached hydrogens (tertiary/aromatic N) is 3. The van der Waals surface area contributed by atoms with Gasteiger partial charge in [0.15, 0.2) is 22.3 Å². The van der Waals surface area contributed by atoms with Crippen LogP contribution in [0.25, 0.3) is 0 Å². The van der Waals surface area contributed by atoms with Crippen molar-refractivity contribution in [3.8, 4) is 5.75 Å². The number of halogens is 3. The van der Waals surface area contributed by atoms with E-state index in [1.54, 1.807) is 47.4 Å². The Morgan fingerprint density at radius 2 is 1.90 bits per heavy atom. The van der Waals surface area contributed by atoms with Crippen LogP contribution >= 0.6 is 0 Å². The molecule has 0 aromatic heterocycles. The molecule has 0 saturated heterocycles. The van der Waals surface area contributed by atoms with Gasteiger partial charge < -0.3 is 9.64 Å². The van der Waals surface area contributed by atoms with Crippen molar-refractivity contribution in [1.82, 2.24) is 0 Å². The summed E-state index contributed by atoms with van der Waals surface area (Å²) in [4.78, 5) is 10.3. The van der Waals surface area contributed by atoms with E-state index in [0.29, 0.717) is 16.8 Å². The molecule has 1 aliphatic heterocycles. The van der Waals surface area contributed by atoms with Gasteiger partial charge in [0, 0.05) is 11.9 Å². The molecule has 0 N–H and O–H groups in total. The second kappa shape index (κ2) is 8.24. The molecule has 0 spiro atoms. The Kier molecular flexibility index (Phi) is 5.92. The maximum Gasteiger partial charge on any atom is 0.422 e. The monoisotopic (exact) mass is 425 g/mol. The molecule has 6 nitrogen and oxygen atoms in total. The standard InChI is InChI=1S/C19H18F3N3O3S/c1-29(26,27)10-14-5-4-6-15(9-14)25-12-23-18(24-13-25)16-7-2-3-8-17(16)28-11-19(20,21)22/h2-9,12H,10-11,13H2,1H3. The highest BCUT2D eigenvalue weighted by molar-refractivity contribution is 7.89. The molecule has 1 aliphatic rings. The lowest BCUT2D eigenvalue weighted by atomic mass is 10.2. The van der Waals surface area contributed by atoms with Gasteiger partial charge in [0.25, 0.3) is 0 Å². The van der Waals surface area contributed by atoms with Gasteiger partial charge in [-0.1, -0.05) is 24.3 Å². The van der Waals surface area contributed by atoms with Crippen LogP contribution in [0.5, 0.6) is 5.75 Å². The molecule has 1 heterocycles. The largest absolute Gasteiger partial charge is 0.483 e. The second-order valence-corrected chi connectivity index (χ2v) is 8.62. The van der Waals surface area contributed by atoms with Crippen molar-refractivity contribution in [2.75, 3.05) is 24.4 Å². The molecular formula is C19H18F3N3O3S. The summed E-state index contributed by atoms with van der Waals surface area (Å²) in [5, 5.41) is 0. The summed E-state index contributed by atoms with van der Waals surface area (Å²) >= 11 is 0. The van der Waals surface area contributed by atoms with E-state index in [9.17, 15) is 21.6 Å². The predicted octanol–water partition coefficient (Wildman–Crippen LogP) is 3.42. The first kappa shape index (κ1) is 20.8. The summed E-state index contributed by atoms with van der Waals surface area (Å²) in [6, 6.07) is 13.2. The Bertz CT molecular complexity index is 1050. The number of benzene rings is 2. The minimum atomic E-state index is -4.45. The van der Waals surface area contributed by atoms with Crippen LogP contribution in [0, 0.1) is 0 Å². The van der Waals surface area contributed by atoms with Crippen molar-refractivity contribution < 1.29 is 26.3 Å². The summed E-state index contributed by atoms with van der Waals surface area (Å²) in [5.41, 5.74) is 1.71. The maximum absolute atomic E-state index is 12.5. The molecule has 0 fully saturated rings. The van der Waals surface area contributed by atoms with E-state index in [4.69, 9.17) is 4.74 Å². The number of ether oxygens (including phenoxy) is 1. The van der Waals surface area contributed by atoms with Crippen LogP contribution in [0.15, 0.2) is 58.5 Å². The van der Waals surface area contributed by atoms with E-state index in [1.807, 2.05) is 0 Å². The average Bonchev–Trinajstić information content (AvgIpc) is 2.65. The van der Waals surface area contributed by atoms with E-state index in [1.165, 1.54) is 12.4 Å². The van der Waals surface area contributed by atoms with Crippen LogP contribution in [0.1, 0.15) is 11.1 Å². The van der Waals surface area contributed by atoms with Crippen molar-refractivity contribution in [3.63, 3.8) is 0 Å². The SMILES string of the molecule is CS(=O)(=O)Cc1cccc(N2C=NC(c3ccccc3OCC(F)(F)F)=NC2)c1. The van der Waals surface area contributed by atoms with Gasteiger partial charge in [-0.3, -0.25) is 0 Å². The van der Waals surface area contributed by atoms with Crippen molar-refractivity contribution in [1.29, 1.82) is 0 Å². The fraction of sp³-hybridized carbons (Fsp3) is 0.263. The topological polar surface area (TPSA) is 71.3 Å². The van der Waals surface area contributed by atoms with Crippen LogP contribution in [-0.4, -0.2) is 46.3 Å². The first-order valence-electron chi connectivity index (χ1n) is 8.52. The molecule has 3 rings (SSSR count). The fourth-order valence-electron chi connectivity index (χ4n) is 2.71. The van der Waals surface area contributed by atoms with Crippen LogP contribution in [-0.2, 0) is 15.6 Å². The van der Waals surface area contributed by atoms with Gasteiger partial charge in [0.2, 0.25) is 0 Å². The Hall–Kier alpha value is -2.88. The van der Waals surface area contributed by atoms with Crippen LogP contribution in [0.2, 0.25) is 0 Å². The third kappa shape index (κ3) is 6.05. The van der Waals surface area contributed by atoms with Crippen LogP contribution < -0.4 is 9.64 Å². The number of hydrogen-bond donors (Lipinski definition) is 0. The minimum absolute atomic E-state index is 0.0457. The van der Waals surface area contributed by atoms with E-state index in [-0.39, 0.29) is 24.0 Å². The number of hydrogen-bond acceptors (Lipinski definition) is 6. The third-order valence-corrected chi connectivity index (χ3v) is 4.74. The van der Waals surface area contributed by atoms with Crippen LogP contribution in [0.3, 0.4) is 0 Å². The lowest BCUT2D eigenvalue weighted by Crippen LogP contribution is -2.27. The fourth-order valence-corrected chi connectivity index (χ4v) is 3.50. The summed E-state index contributed by atoms with van der Waals surface area (Å²) in [5.74, 6) is 0.222. The Labute approximate surface area is 166 Å². The third-order valence-electron chi connectivity index (χ3n) is 3.88. The van der Waals surface area contributed by atoms with Gasteiger partial charge in [-0.15, -0.1) is 0 Å². The number of aliphatic imine (C=N–C) groups is 2. The summed E-state index contributed by atoms with van der Waals surface area (Å²) in [7, 11) is -3.16. The zero-order chi connectivity index (χ0) is 21.1. The summed E-state index contributed by atoms with van der Waals surface area (Å²) < 4.78 is 65.2. The lowest BCUT2D eigenvalue weighted by molar-refractivity contribution is -0.153. The second-order valence-electron chi connectivity index (χ2n) is 6.48. The van der Waals surface area contributed by atoms with E-state index >= 15 is 0 Å². The zero-order valence-electron chi connectivity index (χ0n) is 15.4. The van der Waals surface area contributed by atoms with E-state index in [0.717, 1.165) is 6.26 Å². The minimum Gasteiger partial charge on any atom is -0.483 e. The average molecular weight is 425 g/mol. The smallest absolute Gasteiger partial charge is 0.422 e. The van der Waals surface area contributed by atoms with Gasteiger partial charge in [0.1, 0.15) is 12.4 Å². The number of sulfone groups is 1. The lowest BCUT2D eigenvalue weighted by Gasteiger charge is -2.22. The molecule has 0 amide bonds. The highest BCUT2D eigenvalue weighted by atomic mass is 32.2. The molecule has 0 aliphatic carbocycles. The van der Waals surface area contributed by atoms with Crippen molar-refractivity contribution in [3.05, 3.63) is 59.7 Å². The van der Waals surface area contributed by atoms with Crippen molar-refractivity contribution in [2.24, 2.45) is 9.98 Å². The first-order chi connectivity index (χ1) is 13.6. The van der Waals surface area contributed by atoms with Gasteiger partial charge in [0.05, 0.1) is 17.7 Å². The van der Waals surface area contributed by atoms with Crippen molar-refractivity contribution in [2.45, 2.75) is 11.9 Å². The molecule has 2 aromatic carbocycles. The Balaban J connectivity index is 1.76. The normalized spacial score (nSPS) is 14.6. The molecule has 0 saturated carbocycles. The van der Waals surface area contributed by atoms with E-state index in [2.05, 4.69) is 9.98 Å². The van der Waals surface area contributed by atoms with Gasteiger partial charge in [-0.05, 0) is 29.8 Å². The number of amidine groups is 1. The number of para-hydroxylation sites is 1. The Morgan fingerprint density at radius 3 is 2.55 bits per heavy atom. The molecule has 0 unspecified atom stereocenters. The summed E-state index contributed by atoms with van der Waals surface area (Å²) in [6.45, 7) is -1.23. The molecule has 29 heavy (non-hydrogen) atoms. The number of anilines is 1. The summed E-state index contributed by atoms with van der Waals surface area (Å²) in [6.07, 6.45) is -1.78. The molecule has 10 heteroatoms. The van der Waals surface area contributed by atoms with Crippen LogP contribution in [0.4, 0.5) is 18.9 Å². The molecule has 0 radical (unpaired) electrons. The Morgan fingerprint density at radius 1 is 1.14 bits per heavy atom. The highest BCUT2D eigenvalue weighted by Crippen LogP contribution is 2.25. The molecule has 154 valence electrons. The highest BCUT2D eigenvalue weighted by Gasteiger charge is 2.29. The number of rotatable bonds is 6. The predicted molar refractivity (Wildman–Crippen MR) is 105 cm³/mol.